The van der Waals surface area contributed by atoms with Crippen LogP contribution in [0.3, 0.4) is 0 Å². The molecular weight excluding hydrogens is 226 g/mol. The minimum absolute atomic E-state index is 0.725. The number of nitrogens with one attached hydrogen (secondary N) is 1. The lowest BCUT2D eigenvalue weighted by Crippen LogP contribution is -2.12. The van der Waals surface area contributed by atoms with Gasteiger partial charge in [-0.05, 0) is 18.6 Å². The average molecular weight is 247 g/mol. The zero-order valence-electron chi connectivity index (χ0n) is 11.1. The second-order valence-corrected chi connectivity index (χ2v) is 4.38. The lowest BCUT2D eigenvalue weighted by Gasteiger charge is -2.06. The third-order valence-electron chi connectivity index (χ3n) is 2.96. The summed E-state index contributed by atoms with van der Waals surface area (Å²) in [6, 6.07) is 8.14. The second kappa shape index (κ2) is 6.40. The molecule has 2 aromatic rings. The Morgan fingerprint density at radius 3 is 2.89 bits per heavy atom. The van der Waals surface area contributed by atoms with Crippen molar-refractivity contribution in [1.82, 2.24) is 9.55 Å². The molecule has 4 nitrogen and oxygen atoms in total. The van der Waals surface area contributed by atoms with Crippen LogP contribution in [0.5, 0.6) is 0 Å². The van der Waals surface area contributed by atoms with Crippen LogP contribution in [0, 0.1) is 0 Å². The molecule has 0 atom stereocenters. The number of nitrogens with zero attached hydrogens (tertiary/aromatic N) is 2. The summed E-state index contributed by atoms with van der Waals surface area (Å²) in [6.07, 6.45) is 2.31. The zero-order chi connectivity index (χ0) is 12.8. The summed E-state index contributed by atoms with van der Waals surface area (Å²) in [5, 5.41) is 3.31. The number of aryl methyl sites for hydroxylation is 1. The summed E-state index contributed by atoms with van der Waals surface area (Å²) in [5.41, 5.74) is 2.17. The minimum Gasteiger partial charge on any atom is -0.380 e. The molecule has 0 aliphatic carbocycles. The summed E-state index contributed by atoms with van der Waals surface area (Å²) in [4.78, 5) is 4.54. The van der Waals surface area contributed by atoms with Crippen molar-refractivity contribution in [3.05, 3.63) is 24.3 Å². The van der Waals surface area contributed by atoms with E-state index in [-0.39, 0.29) is 0 Å². The highest BCUT2D eigenvalue weighted by Crippen LogP contribution is 2.16. The Hall–Kier alpha value is -1.55. The van der Waals surface area contributed by atoms with E-state index in [9.17, 15) is 0 Å². The van der Waals surface area contributed by atoms with E-state index < -0.39 is 0 Å². The monoisotopic (exact) mass is 247 g/mol. The number of hydrogen-bond acceptors (Lipinski definition) is 3. The molecule has 0 saturated carbocycles. The van der Waals surface area contributed by atoms with Crippen LogP contribution in [0.4, 0.5) is 5.95 Å². The molecule has 0 fully saturated rings. The minimum atomic E-state index is 0.725. The first-order valence-corrected chi connectivity index (χ1v) is 6.56. The Bertz CT molecular complexity index is 493. The molecule has 0 aliphatic rings. The highest BCUT2D eigenvalue weighted by Gasteiger charge is 2.05. The maximum atomic E-state index is 5.51. The third kappa shape index (κ3) is 3.01. The van der Waals surface area contributed by atoms with E-state index in [0.29, 0.717) is 0 Å². The van der Waals surface area contributed by atoms with Crippen LogP contribution < -0.4 is 5.32 Å². The average Bonchev–Trinajstić information content (AvgIpc) is 2.71. The highest BCUT2D eigenvalue weighted by atomic mass is 16.5. The fourth-order valence-corrected chi connectivity index (χ4v) is 1.89. The largest absolute Gasteiger partial charge is 0.380 e. The van der Waals surface area contributed by atoms with E-state index >= 15 is 0 Å². The molecule has 1 aromatic heterocycles. The summed E-state index contributed by atoms with van der Waals surface area (Å²) < 4.78 is 7.58. The number of fused-ring (bicyclic) bond motifs is 1. The maximum Gasteiger partial charge on any atom is 0.203 e. The normalized spacial score (nSPS) is 11.0. The van der Waals surface area contributed by atoms with Gasteiger partial charge in [0.2, 0.25) is 5.95 Å². The molecule has 0 bridgehead atoms. The molecule has 98 valence electrons. The maximum absolute atomic E-state index is 5.51. The molecule has 1 aromatic carbocycles. The van der Waals surface area contributed by atoms with Crippen LogP contribution in [0.1, 0.15) is 19.8 Å². The third-order valence-corrected chi connectivity index (χ3v) is 2.96. The number of benzene rings is 1. The van der Waals surface area contributed by atoms with Crippen molar-refractivity contribution in [2.24, 2.45) is 7.05 Å². The molecule has 2 rings (SSSR count). The fraction of sp³-hybridized carbons (Fsp3) is 0.500. The number of rotatable bonds is 7. The quantitative estimate of drug-likeness (QED) is 0.765. The topological polar surface area (TPSA) is 39.1 Å². The Kier molecular flexibility index (Phi) is 4.59. The summed E-state index contributed by atoms with van der Waals surface area (Å²) >= 11 is 0. The number of imidazole rings is 1. The van der Waals surface area contributed by atoms with E-state index in [1.165, 1.54) is 6.42 Å². The van der Waals surface area contributed by atoms with E-state index in [0.717, 1.165) is 43.2 Å². The predicted octanol–water partition coefficient (Wildman–Crippen LogP) is 2.80. The van der Waals surface area contributed by atoms with Gasteiger partial charge in [-0.1, -0.05) is 25.5 Å². The Morgan fingerprint density at radius 2 is 2.11 bits per heavy atom. The Morgan fingerprint density at radius 1 is 1.28 bits per heavy atom. The van der Waals surface area contributed by atoms with Crippen LogP contribution >= 0.6 is 0 Å². The van der Waals surface area contributed by atoms with Gasteiger partial charge < -0.3 is 14.6 Å². The lowest BCUT2D eigenvalue weighted by molar-refractivity contribution is 0.141. The van der Waals surface area contributed by atoms with E-state index in [2.05, 4.69) is 27.9 Å². The standard InChI is InChI=1S/C14H21N3O/c1-3-4-10-18-11-9-15-14-16-12-7-5-6-8-13(12)17(14)2/h5-8H,3-4,9-11H2,1-2H3,(H,15,16). The van der Waals surface area contributed by atoms with Gasteiger partial charge in [0, 0.05) is 20.2 Å². The number of anilines is 1. The number of unbranched alkanes of at least 4 members (excludes halogenated alkanes) is 1. The van der Waals surface area contributed by atoms with Crippen molar-refractivity contribution in [3.8, 4) is 0 Å². The second-order valence-electron chi connectivity index (χ2n) is 4.38. The molecule has 0 aliphatic heterocycles. The number of aromatic nitrogens is 2. The van der Waals surface area contributed by atoms with Crippen LogP contribution in [-0.2, 0) is 11.8 Å². The van der Waals surface area contributed by atoms with Crippen molar-refractivity contribution in [2.75, 3.05) is 25.1 Å². The first-order chi connectivity index (χ1) is 8.83. The summed E-state index contributed by atoms with van der Waals surface area (Å²) in [6.45, 7) is 4.53. The van der Waals surface area contributed by atoms with Gasteiger partial charge in [-0.3, -0.25) is 0 Å². The van der Waals surface area contributed by atoms with Crippen LogP contribution in [0.15, 0.2) is 24.3 Å². The molecule has 18 heavy (non-hydrogen) atoms. The number of ether oxygens (including phenoxy) is 1. The molecule has 0 radical (unpaired) electrons. The van der Waals surface area contributed by atoms with E-state index in [4.69, 9.17) is 4.74 Å². The molecule has 4 heteroatoms. The van der Waals surface area contributed by atoms with Gasteiger partial charge in [0.25, 0.3) is 0 Å². The first kappa shape index (κ1) is 12.9. The van der Waals surface area contributed by atoms with E-state index in [1.807, 2.05) is 25.2 Å². The summed E-state index contributed by atoms with van der Waals surface area (Å²) in [5.74, 6) is 0.898. The van der Waals surface area contributed by atoms with Gasteiger partial charge in [0.05, 0.1) is 17.6 Å². The molecular formula is C14H21N3O. The first-order valence-electron chi connectivity index (χ1n) is 6.56. The smallest absolute Gasteiger partial charge is 0.203 e. The summed E-state index contributed by atoms with van der Waals surface area (Å²) in [7, 11) is 2.02. The number of hydrogen-bond donors (Lipinski definition) is 1. The van der Waals surface area contributed by atoms with E-state index in [1.54, 1.807) is 0 Å². The zero-order valence-corrected chi connectivity index (χ0v) is 11.1. The molecule has 1 heterocycles. The Labute approximate surface area is 108 Å². The van der Waals surface area contributed by atoms with Crippen molar-refractivity contribution >= 4 is 17.0 Å². The predicted molar refractivity (Wildman–Crippen MR) is 74.9 cm³/mol. The highest BCUT2D eigenvalue weighted by molar-refractivity contribution is 5.78. The molecule has 0 amide bonds. The van der Waals surface area contributed by atoms with Crippen molar-refractivity contribution in [3.63, 3.8) is 0 Å². The SMILES string of the molecule is CCCCOCCNc1nc2ccccc2n1C. The van der Waals surface area contributed by atoms with Crippen molar-refractivity contribution in [2.45, 2.75) is 19.8 Å². The Balaban J connectivity index is 1.86. The van der Waals surface area contributed by atoms with Crippen LogP contribution in [-0.4, -0.2) is 29.3 Å². The molecule has 1 N–H and O–H groups in total. The van der Waals surface area contributed by atoms with Gasteiger partial charge in [-0.25, -0.2) is 4.98 Å². The number of para-hydroxylation sites is 2. The van der Waals surface area contributed by atoms with Gasteiger partial charge in [0.15, 0.2) is 0 Å². The lowest BCUT2D eigenvalue weighted by atomic mass is 10.3. The van der Waals surface area contributed by atoms with Gasteiger partial charge >= 0.3 is 0 Å². The van der Waals surface area contributed by atoms with Gasteiger partial charge in [-0.15, -0.1) is 0 Å². The van der Waals surface area contributed by atoms with Crippen molar-refractivity contribution < 1.29 is 4.74 Å². The van der Waals surface area contributed by atoms with Gasteiger partial charge in [-0.2, -0.15) is 0 Å². The fourth-order valence-electron chi connectivity index (χ4n) is 1.89. The molecule has 0 spiro atoms. The molecule has 0 saturated heterocycles. The van der Waals surface area contributed by atoms with Crippen LogP contribution in [0.2, 0.25) is 0 Å². The van der Waals surface area contributed by atoms with Gasteiger partial charge in [0.1, 0.15) is 0 Å². The van der Waals surface area contributed by atoms with Crippen LogP contribution in [0.25, 0.3) is 11.0 Å². The van der Waals surface area contributed by atoms with Crippen molar-refractivity contribution in [1.29, 1.82) is 0 Å². The molecule has 0 unspecified atom stereocenters.